The average molecular weight is 162 g/mol. The molecule has 0 aromatic heterocycles. The van der Waals surface area contributed by atoms with Crippen molar-refractivity contribution < 1.29 is 9.47 Å². The van der Waals surface area contributed by atoms with Crippen molar-refractivity contribution in [2.24, 2.45) is 0 Å². The van der Waals surface area contributed by atoms with Crippen LogP contribution in [0.3, 0.4) is 0 Å². The molecule has 0 N–H and O–H groups in total. The molecule has 0 amide bonds. The molecule has 0 aliphatic rings. The highest BCUT2D eigenvalue weighted by molar-refractivity contribution is 6.33. The fourth-order valence-corrected chi connectivity index (χ4v) is 0.828. The Labute approximate surface area is 65.7 Å². The van der Waals surface area contributed by atoms with Crippen LogP contribution in [0.1, 0.15) is 20.8 Å². The molecular weight excluding hydrogens is 144 g/mol. The van der Waals surface area contributed by atoms with Gasteiger partial charge >= 0.3 is 0 Å². The lowest BCUT2D eigenvalue weighted by molar-refractivity contribution is -0.110. The fraction of sp³-hybridized carbons (Fsp3) is 1.00. The summed E-state index contributed by atoms with van der Waals surface area (Å²) in [6.07, 6.45) is 0.927. The maximum absolute atomic E-state index is 5.33. The second-order valence-corrected chi connectivity index (χ2v) is 4.69. The minimum Gasteiger partial charge on any atom is -0.359 e. The van der Waals surface area contributed by atoms with E-state index in [2.05, 4.69) is 6.55 Å². The molecule has 0 saturated carbocycles. The van der Waals surface area contributed by atoms with Gasteiger partial charge in [-0.2, -0.15) is 0 Å². The summed E-state index contributed by atoms with van der Waals surface area (Å²) in [5.41, 5.74) is -0.0602. The number of ether oxygens (including phenoxy) is 2. The van der Waals surface area contributed by atoms with Crippen LogP contribution in [0.4, 0.5) is 0 Å². The van der Waals surface area contributed by atoms with E-state index in [1.54, 1.807) is 0 Å². The van der Waals surface area contributed by atoms with Gasteiger partial charge in [0, 0.05) is 15.7 Å². The van der Waals surface area contributed by atoms with E-state index in [1.807, 2.05) is 20.8 Å². The predicted octanol–water partition coefficient (Wildman–Crippen LogP) is 0.950. The number of hydrogen-bond acceptors (Lipinski definition) is 2. The average Bonchev–Trinajstić information content (AvgIpc) is 1.78. The van der Waals surface area contributed by atoms with Gasteiger partial charge in [-0.1, -0.05) is 6.55 Å². The van der Waals surface area contributed by atoms with Crippen LogP contribution in [0.5, 0.6) is 0 Å². The fourth-order valence-electron chi connectivity index (χ4n) is 0.422. The van der Waals surface area contributed by atoms with Crippen molar-refractivity contribution in [2.45, 2.75) is 32.9 Å². The Kier molecular flexibility index (Phi) is 4.94. The molecule has 10 heavy (non-hydrogen) atoms. The molecule has 0 aliphatic carbocycles. The molecule has 0 aromatic rings. The van der Waals surface area contributed by atoms with Crippen LogP contribution in [-0.4, -0.2) is 28.1 Å². The molecule has 0 aromatic carbocycles. The van der Waals surface area contributed by atoms with Gasteiger partial charge < -0.3 is 9.47 Å². The molecule has 3 heteroatoms. The molecule has 0 saturated heterocycles. The van der Waals surface area contributed by atoms with Gasteiger partial charge in [-0.05, 0) is 20.8 Å². The Hall–Kier alpha value is 0.137. The highest BCUT2D eigenvalue weighted by Crippen LogP contribution is 2.05. The molecule has 0 heterocycles. The summed E-state index contributed by atoms with van der Waals surface area (Å²) >= 11 is 0. The minimum atomic E-state index is -0.0602. The van der Waals surface area contributed by atoms with E-state index in [0.717, 1.165) is 6.23 Å². The first-order valence-corrected chi connectivity index (χ1v) is 6.19. The van der Waals surface area contributed by atoms with Gasteiger partial charge in [0.25, 0.3) is 0 Å². The Bertz CT molecular complexity index is 78.2. The molecule has 0 fully saturated rings. The predicted molar refractivity (Wildman–Crippen MR) is 46.1 cm³/mol. The van der Waals surface area contributed by atoms with E-state index in [-0.39, 0.29) is 15.1 Å². The molecule has 0 atom stereocenters. The van der Waals surface area contributed by atoms with Crippen LogP contribution < -0.4 is 0 Å². The third kappa shape index (κ3) is 8.14. The summed E-state index contributed by atoms with van der Waals surface area (Å²) < 4.78 is 10.5. The highest BCUT2D eigenvalue weighted by atomic mass is 28.2. The van der Waals surface area contributed by atoms with Crippen molar-refractivity contribution in [3.8, 4) is 0 Å². The van der Waals surface area contributed by atoms with Crippen molar-refractivity contribution in [3.63, 3.8) is 0 Å². The molecule has 0 radical (unpaired) electrons. The summed E-state index contributed by atoms with van der Waals surface area (Å²) in [6.45, 7) is 8.75. The molecular formula is C7H18O2Si. The van der Waals surface area contributed by atoms with Crippen molar-refractivity contribution in [1.82, 2.24) is 0 Å². The summed E-state index contributed by atoms with van der Waals surface area (Å²) in [5.74, 6) is 0. The van der Waals surface area contributed by atoms with E-state index >= 15 is 0 Å². The zero-order chi connectivity index (χ0) is 8.04. The molecule has 0 spiro atoms. The van der Waals surface area contributed by atoms with Gasteiger partial charge in [-0.3, -0.25) is 0 Å². The largest absolute Gasteiger partial charge is 0.359 e. The quantitative estimate of drug-likeness (QED) is 0.348. The first-order chi connectivity index (χ1) is 4.56. The van der Waals surface area contributed by atoms with Crippen LogP contribution >= 0.6 is 0 Å². The van der Waals surface area contributed by atoms with E-state index in [4.69, 9.17) is 9.47 Å². The van der Waals surface area contributed by atoms with Crippen LogP contribution in [0.2, 0.25) is 6.55 Å². The lowest BCUT2D eigenvalue weighted by Crippen LogP contribution is -2.21. The Morgan fingerprint density at radius 2 is 1.90 bits per heavy atom. The standard InChI is InChI=1S/C7H18O2Si/c1-7(2,3)9-5-8-6-10-4/h5-6,10H2,1-4H3. The van der Waals surface area contributed by atoms with Crippen LogP contribution in [0, 0.1) is 0 Å². The molecule has 2 nitrogen and oxygen atoms in total. The van der Waals surface area contributed by atoms with Crippen LogP contribution in [0.15, 0.2) is 0 Å². The number of hydrogen-bond donors (Lipinski definition) is 0. The van der Waals surface area contributed by atoms with Gasteiger partial charge in [0.05, 0.1) is 5.60 Å². The van der Waals surface area contributed by atoms with Crippen LogP contribution in [-0.2, 0) is 9.47 Å². The zero-order valence-corrected chi connectivity index (χ0v) is 8.85. The Morgan fingerprint density at radius 3 is 2.30 bits per heavy atom. The second kappa shape index (κ2) is 4.88. The molecule has 0 aliphatic heterocycles. The van der Waals surface area contributed by atoms with Crippen LogP contribution in [0.25, 0.3) is 0 Å². The summed E-state index contributed by atoms with van der Waals surface area (Å²) in [5, 5.41) is 0. The van der Waals surface area contributed by atoms with Gasteiger partial charge in [0.15, 0.2) is 0 Å². The number of rotatable bonds is 4. The second-order valence-electron chi connectivity index (χ2n) is 3.28. The lowest BCUT2D eigenvalue weighted by atomic mass is 10.2. The highest BCUT2D eigenvalue weighted by Gasteiger charge is 2.08. The van der Waals surface area contributed by atoms with Crippen molar-refractivity contribution in [1.29, 1.82) is 0 Å². The van der Waals surface area contributed by atoms with E-state index < -0.39 is 0 Å². The third-order valence-corrected chi connectivity index (χ3v) is 1.62. The third-order valence-electron chi connectivity index (χ3n) is 0.924. The van der Waals surface area contributed by atoms with Crippen molar-refractivity contribution >= 4 is 9.52 Å². The Morgan fingerprint density at radius 1 is 1.30 bits per heavy atom. The summed E-state index contributed by atoms with van der Waals surface area (Å²) in [7, 11) is 0.0477. The zero-order valence-electron chi connectivity index (χ0n) is 7.44. The van der Waals surface area contributed by atoms with Gasteiger partial charge in [0.2, 0.25) is 0 Å². The Balaban J connectivity index is 3.04. The van der Waals surface area contributed by atoms with E-state index in [0.29, 0.717) is 6.79 Å². The molecule has 62 valence electrons. The van der Waals surface area contributed by atoms with Gasteiger partial charge in [0.1, 0.15) is 6.79 Å². The SMILES string of the molecule is C[SiH2]COCOC(C)(C)C. The minimum absolute atomic E-state index is 0.0477. The molecule has 0 unspecified atom stereocenters. The maximum atomic E-state index is 5.33. The molecule has 0 bridgehead atoms. The lowest BCUT2D eigenvalue weighted by Gasteiger charge is -2.18. The smallest absolute Gasteiger partial charge is 0.146 e. The van der Waals surface area contributed by atoms with E-state index in [9.17, 15) is 0 Å². The first kappa shape index (κ1) is 10.1. The topological polar surface area (TPSA) is 18.5 Å². The van der Waals surface area contributed by atoms with Gasteiger partial charge in [-0.15, -0.1) is 0 Å². The van der Waals surface area contributed by atoms with E-state index in [1.165, 1.54) is 0 Å². The summed E-state index contributed by atoms with van der Waals surface area (Å²) in [6, 6.07) is 0. The maximum Gasteiger partial charge on any atom is 0.146 e. The van der Waals surface area contributed by atoms with Crippen molar-refractivity contribution in [2.75, 3.05) is 13.0 Å². The van der Waals surface area contributed by atoms with Crippen molar-refractivity contribution in [3.05, 3.63) is 0 Å². The summed E-state index contributed by atoms with van der Waals surface area (Å²) in [4.78, 5) is 0. The molecule has 0 rings (SSSR count). The normalized spacial score (nSPS) is 13.2. The van der Waals surface area contributed by atoms with Gasteiger partial charge in [-0.25, -0.2) is 0 Å². The first-order valence-electron chi connectivity index (χ1n) is 3.78. The monoisotopic (exact) mass is 162 g/mol.